The summed E-state index contributed by atoms with van der Waals surface area (Å²) in [6.07, 6.45) is -0.352. The minimum atomic E-state index is -0.352. The number of rotatable bonds is 8. The van der Waals surface area contributed by atoms with Gasteiger partial charge in [-0.2, -0.15) is 0 Å². The minimum Gasteiger partial charge on any atom is -0.391 e. The topological polar surface area (TPSA) is 47.0 Å². The number of nitrogens with zero attached hydrogens (tertiary/aromatic N) is 3. The van der Waals surface area contributed by atoms with E-state index >= 15 is 0 Å². The summed E-state index contributed by atoms with van der Waals surface area (Å²) in [5.74, 6) is 0.810. The average Bonchev–Trinajstić information content (AvgIpc) is 2.78. The number of benzene rings is 2. The highest BCUT2D eigenvalue weighted by Gasteiger charge is 2.28. The number of carbonyl (C=O) groups excluding carboxylic acids is 1. The standard InChI is InChI=1S/C23H31N3O2S/c1-19(23(28)24(2)20-9-5-3-6-10-20)26-15-13-25(14-16-26)17-21(27)18-29-22-11-7-4-8-12-22/h3-12,19,21,27H,13-18H2,1-2H3. The summed E-state index contributed by atoms with van der Waals surface area (Å²) >= 11 is 1.69. The van der Waals surface area contributed by atoms with Crippen LogP contribution in [0.25, 0.3) is 0 Å². The van der Waals surface area contributed by atoms with Gasteiger partial charge in [0.1, 0.15) is 0 Å². The van der Waals surface area contributed by atoms with Crippen LogP contribution in [0.15, 0.2) is 65.6 Å². The van der Waals surface area contributed by atoms with Crippen LogP contribution in [0.3, 0.4) is 0 Å². The van der Waals surface area contributed by atoms with Gasteiger partial charge < -0.3 is 10.0 Å². The molecule has 1 saturated heterocycles. The highest BCUT2D eigenvalue weighted by molar-refractivity contribution is 7.99. The normalized spacial score (nSPS) is 17.6. The molecule has 1 amide bonds. The number of β-amino-alcohol motifs (C(OH)–C–C–N with tert-alkyl or cyclic N) is 1. The van der Waals surface area contributed by atoms with E-state index in [9.17, 15) is 9.90 Å². The average molecular weight is 414 g/mol. The highest BCUT2D eigenvalue weighted by Crippen LogP contribution is 2.19. The number of aliphatic hydroxyl groups is 1. The molecule has 156 valence electrons. The monoisotopic (exact) mass is 413 g/mol. The largest absolute Gasteiger partial charge is 0.391 e. The number of aliphatic hydroxyl groups excluding tert-OH is 1. The molecule has 0 bridgehead atoms. The van der Waals surface area contributed by atoms with Gasteiger partial charge in [0, 0.05) is 56.1 Å². The Kier molecular flexibility index (Phi) is 8.12. The fraction of sp³-hybridized carbons (Fsp3) is 0.435. The lowest BCUT2D eigenvalue weighted by molar-refractivity contribution is -0.123. The Hall–Kier alpha value is -1.86. The van der Waals surface area contributed by atoms with Gasteiger partial charge in [0.15, 0.2) is 0 Å². The van der Waals surface area contributed by atoms with Crippen LogP contribution in [-0.4, -0.2) is 78.5 Å². The van der Waals surface area contributed by atoms with Gasteiger partial charge in [0.2, 0.25) is 5.91 Å². The fourth-order valence-corrected chi connectivity index (χ4v) is 4.45. The van der Waals surface area contributed by atoms with E-state index < -0.39 is 0 Å². The van der Waals surface area contributed by atoms with Gasteiger partial charge in [-0.1, -0.05) is 36.4 Å². The molecule has 1 fully saturated rings. The van der Waals surface area contributed by atoms with Gasteiger partial charge in [-0.15, -0.1) is 11.8 Å². The number of likely N-dealkylation sites (N-methyl/N-ethyl adjacent to an activating group) is 1. The van der Waals surface area contributed by atoms with E-state index in [2.05, 4.69) is 21.9 Å². The second-order valence-corrected chi connectivity index (χ2v) is 8.62. The Morgan fingerprint density at radius 2 is 1.62 bits per heavy atom. The maximum absolute atomic E-state index is 12.8. The Balaban J connectivity index is 1.41. The van der Waals surface area contributed by atoms with E-state index in [1.807, 2.05) is 62.5 Å². The zero-order valence-corrected chi connectivity index (χ0v) is 18.1. The molecule has 1 aliphatic rings. The SMILES string of the molecule is CC(C(=O)N(C)c1ccccc1)N1CCN(CC(O)CSc2ccccc2)CC1. The second-order valence-electron chi connectivity index (χ2n) is 7.52. The summed E-state index contributed by atoms with van der Waals surface area (Å²) in [7, 11) is 1.84. The third-order valence-corrected chi connectivity index (χ3v) is 6.60. The zero-order chi connectivity index (χ0) is 20.6. The summed E-state index contributed by atoms with van der Waals surface area (Å²) in [5, 5.41) is 10.4. The Bertz CT molecular complexity index is 751. The van der Waals surface area contributed by atoms with Crippen molar-refractivity contribution in [1.82, 2.24) is 9.80 Å². The van der Waals surface area contributed by atoms with Crippen LogP contribution in [0.4, 0.5) is 5.69 Å². The third-order valence-electron chi connectivity index (χ3n) is 5.44. The van der Waals surface area contributed by atoms with E-state index in [4.69, 9.17) is 0 Å². The van der Waals surface area contributed by atoms with E-state index in [0.717, 1.165) is 31.9 Å². The number of carbonyl (C=O) groups is 1. The first-order chi connectivity index (χ1) is 14.0. The summed E-state index contributed by atoms with van der Waals surface area (Å²) in [5.41, 5.74) is 0.919. The maximum Gasteiger partial charge on any atom is 0.243 e. The molecule has 2 aromatic rings. The van der Waals surface area contributed by atoms with E-state index in [1.165, 1.54) is 4.90 Å². The van der Waals surface area contributed by atoms with Crippen LogP contribution >= 0.6 is 11.8 Å². The molecule has 29 heavy (non-hydrogen) atoms. The molecule has 0 saturated carbocycles. The van der Waals surface area contributed by atoms with Crippen molar-refractivity contribution < 1.29 is 9.90 Å². The van der Waals surface area contributed by atoms with Crippen LogP contribution in [0.1, 0.15) is 6.92 Å². The van der Waals surface area contributed by atoms with E-state index in [0.29, 0.717) is 12.3 Å². The lowest BCUT2D eigenvalue weighted by atomic mass is 10.2. The number of piperazine rings is 1. The summed E-state index contributed by atoms with van der Waals surface area (Å²) in [6, 6.07) is 19.8. The molecule has 2 aromatic carbocycles. The van der Waals surface area contributed by atoms with Crippen molar-refractivity contribution in [2.75, 3.05) is 50.4 Å². The molecule has 2 atom stereocenters. The second kappa shape index (κ2) is 10.8. The number of hydrogen-bond acceptors (Lipinski definition) is 5. The van der Waals surface area contributed by atoms with Crippen molar-refractivity contribution in [2.45, 2.75) is 24.0 Å². The van der Waals surface area contributed by atoms with Gasteiger partial charge in [-0.05, 0) is 31.2 Å². The van der Waals surface area contributed by atoms with Gasteiger partial charge >= 0.3 is 0 Å². The summed E-state index contributed by atoms with van der Waals surface area (Å²) < 4.78 is 0. The van der Waals surface area contributed by atoms with Crippen molar-refractivity contribution >= 4 is 23.4 Å². The number of anilines is 1. The van der Waals surface area contributed by atoms with Gasteiger partial charge in [0.25, 0.3) is 0 Å². The van der Waals surface area contributed by atoms with E-state index in [1.54, 1.807) is 16.7 Å². The molecular weight excluding hydrogens is 382 g/mol. The smallest absolute Gasteiger partial charge is 0.243 e. The predicted molar refractivity (Wildman–Crippen MR) is 120 cm³/mol. The maximum atomic E-state index is 12.8. The van der Waals surface area contributed by atoms with Crippen molar-refractivity contribution in [3.8, 4) is 0 Å². The predicted octanol–water partition coefficient (Wildman–Crippen LogP) is 2.81. The first-order valence-corrected chi connectivity index (χ1v) is 11.2. The molecule has 1 heterocycles. The van der Waals surface area contributed by atoms with Crippen molar-refractivity contribution in [1.29, 1.82) is 0 Å². The fourth-order valence-electron chi connectivity index (χ4n) is 3.61. The van der Waals surface area contributed by atoms with Gasteiger partial charge in [0.05, 0.1) is 12.1 Å². The summed E-state index contributed by atoms with van der Waals surface area (Å²) in [6.45, 7) is 6.10. The lowest BCUT2D eigenvalue weighted by Gasteiger charge is -2.39. The molecule has 0 aliphatic carbocycles. The van der Waals surface area contributed by atoms with Crippen LogP contribution < -0.4 is 4.90 Å². The van der Waals surface area contributed by atoms with Crippen molar-refractivity contribution in [3.05, 3.63) is 60.7 Å². The molecule has 0 spiro atoms. The molecule has 0 radical (unpaired) electrons. The highest BCUT2D eigenvalue weighted by atomic mass is 32.2. The molecule has 3 rings (SSSR count). The molecule has 6 heteroatoms. The third kappa shape index (κ3) is 6.31. The van der Waals surface area contributed by atoms with Crippen LogP contribution in [0.2, 0.25) is 0 Å². The lowest BCUT2D eigenvalue weighted by Crippen LogP contribution is -2.55. The van der Waals surface area contributed by atoms with Crippen molar-refractivity contribution in [3.63, 3.8) is 0 Å². The molecule has 2 unspecified atom stereocenters. The quantitative estimate of drug-likeness (QED) is 0.675. The first-order valence-electron chi connectivity index (χ1n) is 10.2. The molecule has 1 N–H and O–H groups in total. The first kappa shape index (κ1) is 21.8. The van der Waals surface area contributed by atoms with Gasteiger partial charge in [-0.3, -0.25) is 14.6 Å². The molecule has 1 aliphatic heterocycles. The Morgan fingerprint density at radius 1 is 1.03 bits per heavy atom. The van der Waals surface area contributed by atoms with Crippen LogP contribution in [0.5, 0.6) is 0 Å². The van der Waals surface area contributed by atoms with Crippen LogP contribution in [0, 0.1) is 0 Å². The molecule has 0 aromatic heterocycles. The van der Waals surface area contributed by atoms with Gasteiger partial charge in [-0.25, -0.2) is 0 Å². The molecular formula is C23H31N3O2S. The number of para-hydroxylation sites is 1. The van der Waals surface area contributed by atoms with Crippen molar-refractivity contribution in [2.24, 2.45) is 0 Å². The van der Waals surface area contributed by atoms with Crippen LogP contribution in [-0.2, 0) is 4.79 Å². The number of thioether (sulfide) groups is 1. The number of hydrogen-bond donors (Lipinski definition) is 1. The van der Waals surface area contributed by atoms with E-state index in [-0.39, 0.29) is 18.1 Å². The Labute approximate surface area is 178 Å². The summed E-state index contributed by atoms with van der Waals surface area (Å²) in [4.78, 5) is 20.3. The number of amides is 1. The zero-order valence-electron chi connectivity index (χ0n) is 17.3. The Morgan fingerprint density at radius 3 is 2.24 bits per heavy atom. The minimum absolute atomic E-state index is 0.115. The molecule has 5 nitrogen and oxygen atoms in total.